The van der Waals surface area contributed by atoms with Crippen molar-refractivity contribution in [3.05, 3.63) is 143 Å². The molecule has 0 atom stereocenters. The summed E-state index contributed by atoms with van der Waals surface area (Å²) in [5.74, 6) is 0. The Morgan fingerprint density at radius 2 is 1.07 bits per heavy atom. The SMILES string of the molecule is c1ccc(Cn2cc(CN(Cc3cn(Cc4ccccc4)nn3)Cc3c[n+](Cc4ccccc4)[nH]n3)nn2)cc1. The number of rotatable bonds is 12. The van der Waals surface area contributed by atoms with E-state index in [0.717, 1.165) is 23.6 Å². The van der Waals surface area contributed by atoms with Crippen molar-refractivity contribution in [1.29, 1.82) is 0 Å². The zero-order chi connectivity index (χ0) is 27.0. The predicted molar refractivity (Wildman–Crippen MR) is 148 cm³/mol. The third kappa shape index (κ3) is 6.91. The van der Waals surface area contributed by atoms with Crippen LogP contribution < -0.4 is 4.68 Å². The fourth-order valence-corrected chi connectivity index (χ4v) is 4.68. The molecule has 10 heteroatoms. The number of nitrogens with zero attached hydrogens (tertiary/aromatic N) is 9. The smallest absolute Gasteiger partial charge is 0.232 e. The Morgan fingerprint density at radius 3 is 1.60 bits per heavy atom. The standard InChI is InChI=1S/C30H30N10/c1-4-10-25(11-5-1)16-38-22-28(31-34-38)19-37(20-29-23-39(35-32-29)17-26-12-6-2-7-13-26)21-30-24-40(36-33-30)18-27-14-8-3-9-15-27/h1-15,22-24H,16-21H2/p+1. The van der Waals surface area contributed by atoms with Crippen LogP contribution in [0.15, 0.2) is 110 Å². The van der Waals surface area contributed by atoms with E-state index in [1.807, 2.05) is 81.0 Å². The second-order valence-electron chi connectivity index (χ2n) is 9.88. The Morgan fingerprint density at radius 1 is 0.600 bits per heavy atom. The molecule has 3 aromatic carbocycles. The van der Waals surface area contributed by atoms with Gasteiger partial charge < -0.3 is 0 Å². The molecule has 0 spiro atoms. The molecule has 0 aliphatic carbocycles. The van der Waals surface area contributed by atoms with Crippen molar-refractivity contribution < 1.29 is 4.68 Å². The Labute approximate surface area is 232 Å². The van der Waals surface area contributed by atoms with Crippen molar-refractivity contribution >= 4 is 0 Å². The topological polar surface area (TPSA) is 97.2 Å². The van der Waals surface area contributed by atoms with Gasteiger partial charge in [0.25, 0.3) is 0 Å². The second kappa shape index (κ2) is 12.3. The number of hydrogen-bond acceptors (Lipinski definition) is 6. The average Bonchev–Trinajstić information content (AvgIpc) is 3.73. The molecule has 1 N–H and O–H groups in total. The van der Waals surface area contributed by atoms with Gasteiger partial charge in [0.05, 0.1) is 43.4 Å². The lowest BCUT2D eigenvalue weighted by atomic mass is 10.2. The average molecular weight is 532 g/mol. The van der Waals surface area contributed by atoms with E-state index in [0.29, 0.717) is 32.7 Å². The molecule has 0 unspecified atom stereocenters. The molecule has 0 saturated heterocycles. The summed E-state index contributed by atoms with van der Waals surface area (Å²) in [6, 6.07) is 30.9. The van der Waals surface area contributed by atoms with Gasteiger partial charge >= 0.3 is 0 Å². The molecule has 3 aromatic heterocycles. The highest BCUT2D eigenvalue weighted by molar-refractivity contribution is 5.16. The fraction of sp³-hybridized carbons (Fsp3) is 0.200. The molecule has 0 bridgehead atoms. The maximum Gasteiger partial charge on any atom is 0.232 e. The van der Waals surface area contributed by atoms with Crippen LogP contribution in [-0.2, 0) is 39.3 Å². The van der Waals surface area contributed by atoms with Gasteiger partial charge in [-0.05, 0) is 16.7 Å². The van der Waals surface area contributed by atoms with Crippen LogP contribution in [-0.4, -0.2) is 45.2 Å². The van der Waals surface area contributed by atoms with Crippen molar-refractivity contribution in [3.63, 3.8) is 0 Å². The molecule has 0 fully saturated rings. The Hall–Kier alpha value is -4.96. The second-order valence-corrected chi connectivity index (χ2v) is 9.88. The normalized spacial score (nSPS) is 11.3. The number of aromatic nitrogens is 9. The summed E-state index contributed by atoms with van der Waals surface area (Å²) < 4.78 is 5.75. The minimum absolute atomic E-state index is 0.603. The monoisotopic (exact) mass is 531 g/mol. The van der Waals surface area contributed by atoms with Crippen LogP contribution >= 0.6 is 0 Å². The van der Waals surface area contributed by atoms with Crippen LogP contribution in [0.3, 0.4) is 0 Å². The molecule has 200 valence electrons. The van der Waals surface area contributed by atoms with Crippen LogP contribution in [0.25, 0.3) is 0 Å². The summed E-state index contributed by atoms with van der Waals surface area (Å²) in [6.07, 6.45) is 6.07. The predicted octanol–water partition coefficient (Wildman–Crippen LogP) is 3.23. The van der Waals surface area contributed by atoms with Gasteiger partial charge in [-0.1, -0.05) is 107 Å². The van der Waals surface area contributed by atoms with Gasteiger partial charge in [-0.2, -0.15) is 4.68 Å². The Balaban J connectivity index is 1.16. The van der Waals surface area contributed by atoms with Crippen LogP contribution in [0.5, 0.6) is 0 Å². The quantitative estimate of drug-likeness (QED) is 0.244. The minimum atomic E-state index is 0.603. The number of nitrogens with one attached hydrogen (secondary N) is 1. The van der Waals surface area contributed by atoms with Gasteiger partial charge in [-0.25, -0.2) is 9.36 Å². The molecule has 3 heterocycles. The highest BCUT2D eigenvalue weighted by Crippen LogP contribution is 2.12. The van der Waals surface area contributed by atoms with Gasteiger partial charge in [-0.3, -0.25) is 4.90 Å². The number of hydrogen-bond donors (Lipinski definition) is 1. The zero-order valence-electron chi connectivity index (χ0n) is 22.2. The van der Waals surface area contributed by atoms with Crippen LogP contribution in [0.4, 0.5) is 0 Å². The highest BCUT2D eigenvalue weighted by atomic mass is 15.4. The number of benzene rings is 3. The minimum Gasteiger partial charge on any atom is -0.283 e. The first-order valence-electron chi connectivity index (χ1n) is 13.3. The van der Waals surface area contributed by atoms with Crippen molar-refractivity contribution in [3.8, 4) is 0 Å². The van der Waals surface area contributed by atoms with Gasteiger partial charge in [0, 0.05) is 18.2 Å². The molecule has 10 nitrogen and oxygen atoms in total. The van der Waals surface area contributed by atoms with E-state index in [4.69, 9.17) is 0 Å². The molecule has 0 aliphatic rings. The van der Waals surface area contributed by atoms with Gasteiger partial charge in [0.1, 0.15) is 6.54 Å². The van der Waals surface area contributed by atoms with Gasteiger partial charge in [0.2, 0.25) is 5.69 Å². The van der Waals surface area contributed by atoms with Gasteiger partial charge in [0.15, 0.2) is 6.20 Å². The fourth-order valence-electron chi connectivity index (χ4n) is 4.68. The van der Waals surface area contributed by atoms with Crippen LogP contribution in [0.2, 0.25) is 0 Å². The lowest BCUT2D eigenvalue weighted by Crippen LogP contribution is -2.35. The highest BCUT2D eigenvalue weighted by Gasteiger charge is 2.18. The summed E-state index contributed by atoms with van der Waals surface area (Å²) >= 11 is 0. The van der Waals surface area contributed by atoms with Crippen molar-refractivity contribution in [2.24, 2.45) is 0 Å². The third-order valence-electron chi connectivity index (χ3n) is 6.53. The van der Waals surface area contributed by atoms with E-state index in [9.17, 15) is 0 Å². The Kier molecular flexibility index (Phi) is 7.77. The molecule has 0 amide bonds. The molecule has 40 heavy (non-hydrogen) atoms. The molecule has 0 saturated carbocycles. The first-order valence-corrected chi connectivity index (χ1v) is 13.3. The van der Waals surface area contributed by atoms with E-state index in [1.54, 1.807) is 0 Å². The van der Waals surface area contributed by atoms with Crippen LogP contribution in [0.1, 0.15) is 33.8 Å². The molecule has 0 radical (unpaired) electrons. The number of aromatic amines is 1. The van der Waals surface area contributed by atoms with Crippen molar-refractivity contribution in [2.45, 2.75) is 39.3 Å². The maximum atomic E-state index is 4.57. The summed E-state index contributed by atoms with van der Waals surface area (Å²) in [6.45, 7) is 3.92. The summed E-state index contributed by atoms with van der Waals surface area (Å²) in [7, 11) is 0. The summed E-state index contributed by atoms with van der Waals surface area (Å²) in [5.41, 5.74) is 6.30. The first-order chi connectivity index (χ1) is 19.7. The first kappa shape index (κ1) is 25.3. The Bertz CT molecular complexity index is 1410. The van der Waals surface area contributed by atoms with Gasteiger partial charge in [-0.15, -0.1) is 10.2 Å². The molecule has 0 aliphatic heterocycles. The largest absolute Gasteiger partial charge is 0.283 e. The third-order valence-corrected chi connectivity index (χ3v) is 6.53. The van der Waals surface area contributed by atoms with Crippen molar-refractivity contribution in [2.75, 3.05) is 0 Å². The zero-order valence-corrected chi connectivity index (χ0v) is 22.2. The molecule has 6 rings (SSSR count). The lowest BCUT2D eigenvalue weighted by molar-refractivity contribution is -0.746. The van der Waals surface area contributed by atoms with E-state index in [2.05, 4.69) is 78.4 Å². The number of H-pyrrole nitrogens is 1. The summed E-state index contributed by atoms with van der Waals surface area (Å²) in [5, 5.41) is 25.3. The molecular formula is C30H31N10+. The van der Waals surface area contributed by atoms with E-state index >= 15 is 0 Å². The summed E-state index contributed by atoms with van der Waals surface area (Å²) in [4.78, 5) is 2.26. The van der Waals surface area contributed by atoms with E-state index < -0.39 is 0 Å². The van der Waals surface area contributed by atoms with Crippen LogP contribution in [0, 0.1) is 0 Å². The maximum absolute atomic E-state index is 4.57. The van der Waals surface area contributed by atoms with E-state index in [-0.39, 0.29) is 0 Å². The van der Waals surface area contributed by atoms with E-state index in [1.165, 1.54) is 16.7 Å². The lowest BCUT2D eigenvalue weighted by Gasteiger charge is -2.17. The molecule has 6 aromatic rings. The van der Waals surface area contributed by atoms with Crippen molar-refractivity contribution in [1.82, 2.24) is 45.2 Å². The molecular weight excluding hydrogens is 500 g/mol.